The minimum Gasteiger partial charge on any atom is -0.476 e. The molecule has 1 aromatic carbocycles. The SMILES string of the molecule is CC(C)(COc1ccn(-c2ncc3nc2-c2ccccc2CCCCCCN(CC2(C#N)CCOC2)c2cccc(n2)S(=O)(=O)N3)n1)C(F)(F)F. The van der Waals surface area contributed by atoms with Gasteiger partial charge in [0.25, 0.3) is 10.0 Å². The Morgan fingerprint density at radius 3 is 2.63 bits per heavy atom. The predicted octanol–water partition coefficient (Wildman–Crippen LogP) is 6.35. The quantitative estimate of drug-likeness (QED) is 0.239. The number of nitrogens with zero attached hydrogens (tertiary/aromatic N) is 7. The van der Waals surface area contributed by atoms with Crippen molar-refractivity contribution < 1.29 is 31.1 Å². The molecule has 0 saturated carbocycles. The first-order valence-corrected chi connectivity index (χ1v) is 18.2. The standard InChI is InChI=1S/C35H39F3N8O4S/c1-33(2,35(36,37)38)23-50-29-15-18-46(43-29)32-31-26-12-7-6-11-25(26)10-5-3-4-8-17-45(22-34(21-39)16-19-49-24-34)28-13-9-14-30(42-28)51(47,48)44-27(41-31)20-40-32/h6-7,9,11-15,18,20H,3-5,8,10,16-17,19,22-24H2,1-2H3,(H,41,44). The summed E-state index contributed by atoms with van der Waals surface area (Å²) in [6.45, 7) is 3.19. The number of anilines is 2. The average Bonchev–Trinajstić information content (AvgIpc) is 3.78. The Morgan fingerprint density at radius 1 is 1.06 bits per heavy atom. The maximum atomic E-state index is 13.8. The van der Waals surface area contributed by atoms with Crippen LogP contribution in [0.25, 0.3) is 17.1 Å². The lowest BCUT2D eigenvalue weighted by Gasteiger charge is -2.30. The van der Waals surface area contributed by atoms with Gasteiger partial charge in [-0.3, -0.25) is 4.72 Å². The van der Waals surface area contributed by atoms with E-state index in [1.165, 1.54) is 29.2 Å². The van der Waals surface area contributed by atoms with Crippen molar-refractivity contribution >= 4 is 21.7 Å². The van der Waals surface area contributed by atoms with Gasteiger partial charge in [-0.15, -0.1) is 5.10 Å². The highest BCUT2D eigenvalue weighted by molar-refractivity contribution is 7.92. The Balaban J connectivity index is 1.36. The van der Waals surface area contributed by atoms with E-state index in [1.807, 2.05) is 29.2 Å². The number of fused-ring (bicyclic) bond motifs is 6. The number of hydrogen-bond donors (Lipinski definition) is 1. The highest BCUT2D eigenvalue weighted by atomic mass is 32.2. The summed E-state index contributed by atoms with van der Waals surface area (Å²) in [4.78, 5) is 15.8. The topological polar surface area (TPSA) is 148 Å². The summed E-state index contributed by atoms with van der Waals surface area (Å²) < 4.78 is 82.7. The fraction of sp³-hybridized carbons (Fsp3) is 0.457. The number of pyridine rings is 1. The summed E-state index contributed by atoms with van der Waals surface area (Å²) in [5.74, 6) is 0.559. The van der Waals surface area contributed by atoms with Crippen LogP contribution in [0.15, 0.2) is 66.0 Å². The second-order valence-corrected chi connectivity index (χ2v) is 15.2. The van der Waals surface area contributed by atoms with Crippen LogP contribution in [-0.4, -0.2) is 72.2 Å². The zero-order valence-electron chi connectivity index (χ0n) is 28.4. The number of rotatable bonds is 6. The van der Waals surface area contributed by atoms with Crippen LogP contribution in [0.3, 0.4) is 0 Å². The van der Waals surface area contributed by atoms with Crippen LogP contribution in [0.1, 0.15) is 51.5 Å². The van der Waals surface area contributed by atoms with E-state index in [4.69, 9.17) is 14.5 Å². The number of halogens is 3. The van der Waals surface area contributed by atoms with Crippen molar-refractivity contribution in [3.8, 4) is 29.0 Å². The molecule has 4 aromatic rings. The molecular formula is C35H39F3N8O4S. The number of hydrogen-bond acceptors (Lipinski definition) is 10. The van der Waals surface area contributed by atoms with Crippen LogP contribution < -0.4 is 14.4 Å². The molecule has 4 bridgehead atoms. The molecule has 270 valence electrons. The van der Waals surface area contributed by atoms with E-state index >= 15 is 0 Å². The summed E-state index contributed by atoms with van der Waals surface area (Å²) in [6, 6.07) is 16.2. The van der Waals surface area contributed by atoms with Gasteiger partial charge < -0.3 is 14.4 Å². The molecule has 0 aliphatic carbocycles. The van der Waals surface area contributed by atoms with Crippen LogP contribution >= 0.6 is 0 Å². The molecule has 6 rings (SSSR count). The number of aryl methyl sites for hydroxylation is 1. The van der Waals surface area contributed by atoms with Gasteiger partial charge in [-0.25, -0.2) is 19.6 Å². The normalized spacial score (nSPS) is 19.7. The largest absolute Gasteiger partial charge is 0.476 e. The van der Waals surface area contributed by atoms with Crippen LogP contribution in [-0.2, 0) is 21.2 Å². The van der Waals surface area contributed by atoms with Gasteiger partial charge in [0.05, 0.1) is 24.3 Å². The Labute approximate surface area is 294 Å². The molecule has 12 nitrogen and oxygen atoms in total. The van der Waals surface area contributed by atoms with Gasteiger partial charge in [0, 0.05) is 37.5 Å². The number of aromatic nitrogens is 5. The van der Waals surface area contributed by atoms with E-state index in [-0.39, 0.29) is 22.5 Å². The Hall–Kier alpha value is -4.75. The van der Waals surface area contributed by atoms with Crippen molar-refractivity contribution in [2.45, 2.75) is 63.6 Å². The van der Waals surface area contributed by atoms with E-state index < -0.39 is 33.6 Å². The van der Waals surface area contributed by atoms with E-state index in [1.54, 1.807) is 12.1 Å². The molecule has 2 aliphatic heterocycles. The van der Waals surface area contributed by atoms with Gasteiger partial charge in [-0.2, -0.15) is 26.9 Å². The van der Waals surface area contributed by atoms with Crippen molar-refractivity contribution in [1.82, 2.24) is 24.7 Å². The minimum atomic E-state index is -4.47. The zero-order valence-corrected chi connectivity index (χ0v) is 29.2. The van der Waals surface area contributed by atoms with Crippen molar-refractivity contribution in [3.05, 3.63) is 66.5 Å². The lowest BCUT2D eigenvalue weighted by atomic mass is 9.88. The molecule has 0 spiro atoms. The summed E-state index contributed by atoms with van der Waals surface area (Å²) >= 11 is 0. The van der Waals surface area contributed by atoms with Gasteiger partial charge >= 0.3 is 6.18 Å². The second-order valence-electron chi connectivity index (χ2n) is 13.6. The van der Waals surface area contributed by atoms with Gasteiger partial charge in [0.2, 0.25) is 5.88 Å². The molecule has 1 N–H and O–H groups in total. The van der Waals surface area contributed by atoms with Crippen molar-refractivity contribution in [1.29, 1.82) is 5.26 Å². The Kier molecular flexibility index (Phi) is 10.2. The summed E-state index contributed by atoms with van der Waals surface area (Å²) in [6.07, 6.45) is 3.05. The first-order valence-electron chi connectivity index (χ1n) is 16.7. The highest BCUT2D eigenvalue weighted by Crippen LogP contribution is 2.38. The first-order chi connectivity index (χ1) is 24.3. The van der Waals surface area contributed by atoms with Crippen LogP contribution in [0, 0.1) is 22.2 Å². The number of sulfonamides is 1. The molecule has 2 aliphatic rings. The third kappa shape index (κ3) is 8.10. The molecule has 1 atom stereocenters. The fourth-order valence-electron chi connectivity index (χ4n) is 5.97. The second kappa shape index (κ2) is 14.5. The van der Waals surface area contributed by atoms with E-state index in [9.17, 15) is 26.9 Å². The van der Waals surface area contributed by atoms with Crippen molar-refractivity contribution in [2.75, 3.05) is 42.5 Å². The zero-order chi connectivity index (χ0) is 36.3. The third-order valence-corrected chi connectivity index (χ3v) is 10.4. The molecule has 5 heterocycles. The number of nitrogens with one attached hydrogen (secondary N) is 1. The molecular weight excluding hydrogens is 685 g/mol. The van der Waals surface area contributed by atoms with Crippen LogP contribution in [0.2, 0.25) is 0 Å². The summed E-state index contributed by atoms with van der Waals surface area (Å²) in [7, 11) is -4.26. The average molecular weight is 725 g/mol. The number of ether oxygens (including phenoxy) is 2. The van der Waals surface area contributed by atoms with Crippen molar-refractivity contribution in [2.24, 2.45) is 10.8 Å². The Morgan fingerprint density at radius 2 is 1.86 bits per heavy atom. The van der Waals surface area contributed by atoms with Crippen LogP contribution in [0.4, 0.5) is 24.8 Å². The first kappa shape index (κ1) is 36.1. The van der Waals surface area contributed by atoms with Gasteiger partial charge in [-0.1, -0.05) is 43.2 Å². The van der Waals surface area contributed by atoms with Crippen LogP contribution in [0.5, 0.6) is 5.88 Å². The molecule has 16 heteroatoms. The lowest BCUT2D eigenvalue weighted by molar-refractivity contribution is -0.219. The maximum Gasteiger partial charge on any atom is 0.397 e. The lowest BCUT2D eigenvalue weighted by Crippen LogP contribution is -2.39. The number of alkyl halides is 3. The third-order valence-electron chi connectivity index (χ3n) is 9.16. The monoisotopic (exact) mass is 724 g/mol. The number of benzene rings is 1. The predicted molar refractivity (Wildman–Crippen MR) is 183 cm³/mol. The number of nitriles is 1. The summed E-state index contributed by atoms with van der Waals surface area (Å²) in [5, 5.41) is 14.1. The Bertz CT molecular complexity index is 2010. The smallest absolute Gasteiger partial charge is 0.397 e. The van der Waals surface area contributed by atoms with Crippen molar-refractivity contribution in [3.63, 3.8) is 0 Å². The van der Waals surface area contributed by atoms with E-state index in [2.05, 4.69) is 25.9 Å². The molecule has 1 fully saturated rings. The molecule has 0 radical (unpaired) electrons. The molecule has 1 unspecified atom stereocenters. The fourth-order valence-corrected chi connectivity index (χ4v) is 6.92. The maximum absolute atomic E-state index is 13.8. The van der Waals surface area contributed by atoms with Gasteiger partial charge in [-0.05, 0) is 57.2 Å². The van der Waals surface area contributed by atoms with E-state index in [0.717, 1.165) is 45.1 Å². The molecule has 3 aromatic heterocycles. The van der Waals surface area contributed by atoms with Gasteiger partial charge in [0.1, 0.15) is 23.5 Å². The van der Waals surface area contributed by atoms with Gasteiger partial charge in [0.15, 0.2) is 16.7 Å². The summed E-state index contributed by atoms with van der Waals surface area (Å²) in [5.41, 5.74) is -0.844. The minimum absolute atomic E-state index is 0.0372. The molecule has 1 saturated heterocycles. The molecule has 0 amide bonds. The highest BCUT2D eigenvalue weighted by Gasteiger charge is 2.48. The van der Waals surface area contributed by atoms with E-state index in [0.29, 0.717) is 56.2 Å². The molecule has 51 heavy (non-hydrogen) atoms.